The minimum absolute atomic E-state index is 0. The quantitative estimate of drug-likeness (QED) is 0.344. The van der Waals surface area contributed by atoms with Gasteiger partial charge in [-0.05, 0) is 0 Å². The summed E-state index contributed by atoms with van der Waals surface area (Å²) in [5.74, 6) is -2.51. The number of carbonyl (C=O) groups is 2. The van der Waals surface area contributed by atoms with E-state index in [1.807, 2.05) is 0 Å². The molecule has 0 spiro atoms. The van der Waals surface area contributed by atoms with E-state index in [0.717, 1.165) is 0 Å². The van der Waals surface area contributed by atoms with E-state index in [1.165, 1.54) is 0 Å². The molecule has 0 aromatic carbocycles. The molecule has 0 aliphatic heterocycles. The van der Waals surface area contributed by atoms with Gasteiger partial charge in [0.1, 0.15) is 0 Å². The minimum atomic E-state index is -1.26. The molecular formula is C4H14MgO8. The highest BCUT2D eigenvalue weighted by Crippen LogP contribution is 1.70. The Morgan fingerprint density at radius 1 is 0.769 bits per heavy atom. The van der Waals surface area contributed by atoms with E-state index in [-0.39, 0.29) is 45.0 Å². The van der Waals surface area contributed by atoms with Gasteiger partial charge in [-0.15, -0.1) is 0 Å². The Labute approximate surface area is 89.2 Å². The van der Waals surface area contributed by atoms with Crippen LogP contribution in [0.3, 0.4) is 0 Å². The molecule has 0 radical (unpaired) electrons. The molecule has 0 rings (SSSR count). The monoisotopic (exact) mass is 214 g/mol. The maximum atomic E-state index is 9.55. The van der Waals surface area contributed by atoms with Crippen LogP contribution in [0.1, 0.15) is 0 Å². The molecule has 8 nitrogen and oxygen atoms in total. The van der Waals surface area contributed by atoms with Crippen LogP contribution in [0.5, 0.6) is 0 Å². The van der Waals surface area contributed by atoms with Gasteiger partial charge < -0.3 is 32.1 Å². The molecule has 0 atom stereocenters. The van der Waals surface area contributed by atoms with Gasteiger partial charge in [0, 0.05) is 12.2 Å². The van der Waals surface area contributed by atoms with Gasteiger partial charge >= 0.3 is 35.0 Å². The highest BCUT2D eigenvalue weighted by molar-refractivity contribution is 5.89. The van der Waals surface area contributed by atoms with Crippen LogP contribution in [-0.4, -0.2) is 67.1 Å². The molecule has 0 aromatic rings. The number of carboxylic acid groups (broad SMARTS) is 2. The van der Waals surface area contributed by atoms with Crippen LogP contribution in [0.15, 0.2) is 12.2 Å². The third kappa shape index (κ3) is 53.0. The predicted molar refractivity (Wildman–Crippen MR) is 47.4 cm³/mol. The molecule has 0 saturated heterocycles. The summed E-state index contributed by atoms with van der Waals surface area (Å²) in [7, 11) is 0. The Morgan fingerprint density at radius 3 is 1.00 bits per heavy atom. The van der Waals surface area contributed by atoms with Crippen molar-refractivity contribution in [2.24, 2.45) is 0 Å². The van der Waals surface area contributed by atoms with Crippen molar-refractivity contribution in [3.8, 4) is 0 Å². The molecule has 9 heteroatoms. The normalized spacial score (nSPS) is 5.85. The number of aliphatic carboxylic acids is 2. The van der Waals surface area contributed by atoms with Gasteiger partial charge in [0.15, 0.2) is 0 Å². The minimum Gasteiger partial charge on any atom is -0.478 e. The van der Waals surface area contributed by atoms with Crippen molar-refractivity contribution in [2.75, 3.05) is 0 Å². The summed E-state index contributed by atoms with van der Waals surface area (Å²) in [5, 5.41) is 15.6. The summed E-state index contributed by atoms with van der Waals surface area (Å²) in [5.41, 5.74) is 0. The largest absolute Gasteiger partial charge is 0.478 e. The third-order valence-corrected chi connectivity index (χ3v) is 0.368. The Balaban J connectivity index is -0.0000000245. The summed E-state index contributed by atoms with van der Waals surface area (Å²) >= 11 is 0. The molecule has 0 amide bonds. The summed E-state index contributed by atoms with van der Waals surface area (Å²) in [6.07, 6.45) is 1.12. The first-order valence-corrected chi connectivity index (χ1v) is 1.77. The lowest BCUT2D eigenvalue weighted by atomic mass is 10.5. The highest BCUT2D eigenvalue weighted by Gasteiger charge is 1.88. The fourth-order valence-corrected chi connectivity index (χ4v) is 0.143. The first kappa shape index (κ1) is 39.6. The van der Waals surface area contributed by atoms with Crippen molar-refractivity contribution in [1.29, 1.82) is 0 Å². The Hall–Kier alpha value is -0.714. The van der Waals surface area contributed by atoms with E-state index in [4.69, 9.17) is 10.2 Å². The van der Waals surface area contributed by atoms with Crippen LogP contribution >= 0.6 is 0 Å². The highest BCUT2D eigenvalue weighted by atomic mass is 24.3. The second-order valence-corrected chi connectivity index (χ2v) is 1.01. The van der Waals surface area contributed by atoms with Crippen molar-refractivity contribution in [3.63, 3.8) is 0 Å². The van der Waals surface area contributed by atoms with Gasteiger partial charge in [-0.25, -0.2) is 9.59 Å². The van der Waals surface area contributed by atoms with E-state index in [2.05, 4.69) is 0 Å². The Kier molecular flexibility index (Phi) is 68.5. The molecule has 0 heterocycles. The lowest BCUT2D eigenvalue weighted by Crippen LogP contribution is -1.91. The molecule has 80 valence electrons. The van der Waals surface area contributed by atoms with Crippen molar-refractivity contribution in [1.82, 2.24) is 0 Å². The van der Waals surface area contributed by atoms with E-state index < -0.39 is 11.9 Å². The molecular weight excluding hydrogens is 200 g/mol. The summed E-state index contributed by atoms with van der Waals surface area (Å²) in [6, 6.07) is 0. The number of hydrogen-bond donors (Lipinski definition) is 2. The summed E-state index contributed by atoms with van der Waals surface area (Å²) in [6.45, 7) is 0. The van der Waals surface area contributed by atoms with Gasteiger partial charge in [0.05, 0.1) is 0 Å². The third-order valence-electron chi connectivity index (χ3n) is 0.368. The van der Waals surface area contributed by atoms with Crippen molar-refractivity contribution in [3.05, 3.63) is 12.2 Å². The van der Waals surface area contributed by atoms with Gasteiger partial charge in [0.25, 0.3) is 0 Å². The maximum Gasteiger partial charge on any atom is 0.328 e. The Bertz CT molecular complexity index is 127. The molecule has 13 heavy (non-hydrogen) atoms. The summed E-state index contributed by atoms with van der Waals surface area (Å²) in [4.78, 5) is 19.1. The number of hydrogen-bond acceptors (Lipinski definition) is 2. The van der Waals surface area contributed by atoms with E-state index in [9.17, 15) is 9.59 Å². The van der Waals surface area contributed by atoms with Crippen LogP contribution in [0.25, 0.3) is 0 Å². The lowest BCUT2D eigenvalue weighted by molar-refractivity contribution is -0.134. The molecule has 0 bridgehead atoms. The average Bonchev–Trinajstić information content (AvgIpc) is 1.61. The van der Waals surface area contributed by atoms with Crippen LogP contribution in [0, 0.1) is 0 Å². The van der Waals surface area contributed by atoms with Crippen molar-refractivity contribution in [2.45, 2.75) is 0 Å². The van der Waals surface area contributed by atoms with Gasteiger partial charge in [-0.3, -0.25) is 0 Å². The molecule has 0 aliphatic rings. The van der Waals surface area contributed by atoms with Gasteiger partial charge in [-0.1, -0.05) is 0 Å². The zero-order valence-corrected chi connectivity index (χ0v) is 5.87. The zero-order valence-electron chi connectivity index (χ0n) is 5.87. The average molecular weight is 214 g/mol. The predicted octanol–water partition coefficient (Wildman–Crippen LogP) is -4.50. The van der Waals surface area contributed by atoms with Crippen molar-refractivity contribution < 1.29 is 41.7 Å². The van der Waals surface area contributed by atoms with E-state index >= 15 is 0 Å². The van der Waals surface area contributed by atoms with E-state index in [0.29, 0.717) is 12.2 Å². The van der Waals surface area contributed by atoms with E-state index in [1.54, 1.807) is 0 Å². The molecule has 10 N–H and O–H groups in total. The Morgan fingerprint density at radius 2 is 0.923 bits per heavy atom. The lowest BCUT2D eigenvalue weighted by Gasteiger charge is -1.74. The fraction of sp³-hybridized carbons (Fsp3) is 0. The standard InChI is InChI=1S/C4H4O4.Mg.4H2O.2H/c5-3(6)1-2-4(7)8;;;;;;;/h1-2H,(H,5,6)(H,7,8);;4*1H2;;/b2-1+;;;;;;;. The second kappa shape index (κ2) is 22.5. The van der Waals surface area contributed by atoms with Crippen LogP contribution in [0.2, 0.25) is 0 Å². The molecule has 0 fully saturated rings. The molecule has 0 aromatic heterocycles. The first-order valence-electron chi connectivity index (χ1n) is 1.77. The fourth-order valence-electron chi connectivity index (χ4n) is 0.143. The van der Waals surface area contributed by atoms with Crippen molar-refractivity contribution >= 4 is 35.0 Å². The van der Waals surface area contributed by atoms with Crippen LogP contribution in [0.4, 0.5) is 0 Å². The zero-order chi connectivity index (χ0) is 6.57. The maximum absolute atomic E-state index is 9.55. The number of carboxylic acids is 2. The topological polar surface area (TPSA) is 201 Å². The molecule has 0 unspecified atom stereocenters. The smallest absolute Gasteiger partial charge is 0.328 e. The molecule has 0 saturated carbocycles. The van der Waals surface area contributed by atoms with Gasteiger partial charge in [0.2, 0.25) is 0 Å². The van der Waals surface area contributed by atoms with Gasteiger partial charge in [-0.2, -0.15) is 0 Å². The second-order valence-electron chi connectivity index (χ2n) is 1.01. The first-order chi connectivity index (χ1) is 3.63. The van der Waals surface area contributed by atoms with Crippen LogP contribution in [-0.2, 0) is 9.59 Å². The SMILES string of the molecule is O.O.O.O.O=C(O)/C=C/C(=O)O.[MgH2]. The van der Waals surface area contributed by atoms with Crippen LogP contribution < -0.4 is 0 Å². The molecule has 0 aliphatic carbocycles. The summed E-state index contributed by atoms with van der Waals surface area (Å²) < 4.78 is 0. The number of rotatable bonds is 2.